The van der Waals surface area contributed by atoms with E-state index in [-0.39, 0.29) is 11.3 Å². The van der Waals surface area contributed by atoms with Gasteiger partial charge in [0, 0.05) is 36.6 Å². The van der Waals surface area contributed by atoms with E-state index in [9.17, 15) is 9.90 Å². The van der Waals surface area contributed by atoms with Crippen molar-refractivity contribution in [1.29, 1.82) is 0 Å². The van der Waals surface area contributed by atoms with E-state index in [4.69, 9.17) is 5.11 Å². The Morgan fingerprint density at radius 2 is 1.87 bits per heavy atom. The van der Waals surface area contributed by atoms with Gasteiger partial charge in [0.15, 0.2) is 0 Å². The molecular weight excluding hydrogens is 292 g/mol. The first kappa shape index (κ1) is 16.5. The topological polar surface area (TPSA) is 73.1 Å². The summed E-state index contributed by atoms with van der Waals surface area (Å²) < 4.78 is 0. The molecule has 0 heterocycles. The van der Waals surface area contributed by atoms with Gasteiger partial charge in [-0.05, 0) is 38.1 Å². The lowest BCUT2D eigenvalue weighted by Crippen LogP contribution is -2.21. The number of carboxylic acids is 1. The molecule has 0 atom stereocenters. The van der Waals surface area contributed by atoms with E-state index in [0.717, 1.165) is 18.8 Å². The van der Waals surface area contributed by atoms with Gasteiger partial charge in [-0.15, -0.1) is 0 Å². The van der Waals surface area contributed by atoms with E-state index in [1.54, 1.807) is 30.3 Å². The molecule has 0 unspecified atom stereocenters. The van der Waals surface area contributed by atoms with Gasteiger partial charge >= 0.3 is 5.97 Å². The van der Waals surface area contributed by atoms with Crippen molar-refractivity contribution in [2.24, 2.45) is 4.99 Å². The average molecular weight is 312 g/mol. The fourth-order valence-electron chi connectivity index (χ4n) is 2.33. The molecule has 23 heavy (non-hydrogen) atoms. The van der Waals surface area contributed by atoms with Crippen LogP contribution >= 0.6 is 0 Å². The van der Waals surface area contributed by atoms with Crippen molar-refractivity contribution in [3.05, 3.63) is 53.6 Å². The fraction of sp³-hybridized carbons (Fsp3) is 0.222. The normalized spacial score (nSPS) is 10.9. The Hall–Kier alpha value is -2.82. The number of para-hydroxylation sites is 1. The van der Waals surface area contributed by atoms with Gasteiger partial charge in [-0.25, -0.2) is 4.79 Å². The van der Waals surface area contributed by atoms with Crippen molar-refractivity contribution in [3.63, 3.8) is 0 Å². The number of rotatable bonds is 6. The van der Waals surface area contributed by atoms with Gasteiger partial charge in [-0.3, -0.25) is 4.99 Å². The van der Waals surface area contributed by atoms with E-state index in [1.165, 1.54) is 12.3 Å². The molecule has 0 aromatic heterocycles. The highest BCUT2D eigenvalue weighted by Gasteiger charge is 2.08. The Morgan fingerprint density at radius 1 is 1.17 bits per heavy atom. The van der Waals surface area contributed by atoms with Crippen LogP contribution in [0.2, 0.25) is 0 Å². The van der Waals surface area contributed by atoms with Crippen molar-refractivity contribution >= 4 is 23.6 Å². The van der Waals surface area contributed by atoms with Gasteiger partial charge in [0.1, 0.15) is 5.75 Å². The summed E-state index contributed by atoms with van der Waals surface area (Å²) in [5.74, 6) is -0.912. The van der Waals surface area contributed by atoms with Gasteiger partial charge < -0.3 is 15.1 Å². The van der Waals surface area contributed by atoms with Gasteiger partial charge in [-0.1, -0.05) is 12.1 Å². The maximum absolute atomic E-state index is 11.2. The van der Waals surface area contributed by atoms with E-state index < -0.39 is 5.97 Å². The third-order valence-corrected chi connectivity index (χ3v) is 3.62. The zero-order valence-electron chi connectivity index (χ0n) is 13.2. The lowest BCUT2D eigenvalue weighted by molar-refractivity contribution is 0.0698. The average Bonchev–Trinajstić information content (AvgIpc) is 2.55. The predicted molar refractivity (Wildman–Crippen MR) is 92.3 cm³/mol. The maximum Gasteiger partial charge on any atom is 0.337 e. The van der Waals surface area contributed by atoms with Crippen LogP contribution in [0, 0.1) is 0 Å². The smallest absolute Gasteiger partial charge is 0.337 e. The molecule has 0 saturated heterocycles. The quantitative estimate of drug-likeness (QED) is 0.798. The number of phenols is 1. The second-order valence-electron chi connectivity index (χ2n) is 5.00. The summed E-state index contributed by atoms with van der Waals surface area (Å²) >= 11 is 0. The number of hydrogen-bond acceptors (Lipinski definition) is 4. The molecule has 0 aliphatic rings. The van der Waals surface area contributed by atoms with Crippen LogP contribution < -0.4 is 4.90 Å². The molecule has 0 spiro atoms. The Labute approximate surface area is 135 Å². The van der Waals surface area contributed by atoms with Gasteiger partial charge in [0.05, 0.1) is 11.3 Å². The first-order chi connectivity index (χ1) is 11.1. The van der Waals surface area contributed by atoms with Gasteiger partial charge in [0.25, 0.3) is 0 Å². The number of nitrogens with zero attached hydrogens (tertiary/aromatic N) is 2. The number of carboxylic acid groups (broad SMARTS) is 1. The molecule has 2 aromatic rings. The predicted octanol–water partition coefficient (Wildman–Crippen LogP) is 3.69. The van der Waals surface area contributed by atoms with Crippen molar-refractivity contribution < 1.29 is 15.0 Å². The fourth-order valence-corrected chi connectivity index (χ4v) is 2.33. The molecule has 2 aromatic carbocycles. The number of aromatic hydroxyl groups is 1. The largest absolute Gasteiger partial charge is 0.507 e. The van der Waals surface area contributed by atoms with Crippen LogP contribution in [0.3, 0.4) is 0 Å². The molecule has 0 fully saturated rings. The number of benzene rings is 2. The van der Waals surface area contributed by atoms with E-state index in [1.807, 2.05) is 6.07 Å². The summed E-state index contributed by atoms with van der Waals surface area (Å²) in [4.78, 5) is 17.5. The molecule has 0 amide bonds. The number of carbonyl (C=O) groups is 1. The Kier molecular flexibility index (Phi) is 5.36. The maximum atomic E-state index is 11.2. The molecule has 2 N–H and O–H groups in total. The third-order valence-electron chi connectivity index (χ3n) is 3.62. The second kappa shape index (κ2) is 7.45. The number of phenolic OH excluding ortho intramolecular Hbond substituents is 1. The van der Waals surface area contributed by atoms with Gasteiger partial charge in [0.2, 0.25) is 0 Å². The highest BCUT2D eigenvalue weighted by molar-refractivity contribution is 5.95. The summed E-state index contributed by atoms with van der Waals surface area (Å²) in [6.07, 6.45) is 1.48. The highest BCUT2D eigenvalue weighted by Crippen LogP contribution is 2.25. The number of hydrogen-bond donors (Lipinski definition) is 2. The summed E-state index contributed by atoms with van der Waals surface area (Å²) in [5, 5.41) is 19.3. The van der Waals surface area contributed by atoms with Crippen LogP contribution in [0.1, 0.15) is 29.8 Å². The minimum atomic E-state index is -1.03. The second-order valence-corrected chi connectivity index (χ2v) is 5.00. The van der Waals surface area contributed by atoms with E-state index in [0.29, 0.717) is 11.3 Å². The molecule has 0 aliphatic carbocycles. The van der Waals surface area contributed by atoms with Crippen molar-refractivity contribution in [3.8, 4) is 5.75 Å². The van der Waals surface area contributed by atoms with Crippen molar-refractivity contribution in [2.45, 2.75) is 13.8 Å². The summed E-state index contributed by atoms with van der Waals surface area (Å²) in [6.45, 7) is 5.82. The van der Waals surface area contributed by atoms with Gasteiger partial charge in [-0.2, -0.15) is 0 Å². The van der Waals surface area contributed by atoms with Crippen LogP contribution in [-0.2, 0) is 0 Å². The Bertz CT molecular complexity index is 722. The Balaban J connectivity index is 2.29. The van der Waals surface area contributed by atoms with Crippen LogP contribution in [0.15, 0.2) is 47.5 Å². The zero-order chi connectivity index (χ0) is 16.8. The molecule has 5 heteroatoms. The first-order valence-corrected chi connectivity index (χ1v) is 7.51. The standard InChI is InChI=1S/C18H20N2O3/c1-3-20(4-2)14-10-9-13(17(21)11-14)12-19-16-8-6-5-7-15(16)18(22)23/h5-12,21H,3-4H2,1-2H3,(H,22,23). The van der Waals surface area contributed by atoms with E-state index in [2.05, 4.69) is 23.7 Å². The molecule has 5 nitrogen and oxygen atoms in total. The van der Waals surface area contributed by atoms with Crippen LogP contribution in [0.25, 0.3) is 0 Å². The van der Waals surface area contributed by atoms with E-state index >= 15 is 0 Å². The number of aliphatic imine (C=N–C) groups is 1. The summed E-state index contributed by atoms with van der Waals surface area (Å²) in [5.41, 5.74) is 1.96. The summed E-state index contributed by atoms with van der Waals surface area (Å²) in [7, 11) is 0. The lowest BCUT2D eigenvalue weighted by Gasteiger charge is -2.21. The minimum Gasteiger partial charge on any atom is -0.507 e. The minimum absolute atomic E-state index is 0.117. The number of anilines is 1. The Morgan fingerprint density at radius 3 is 2.48 bits per heavy atom. The lowest BCUT2D eigenvalue weighted by atomic mass is 10.1. The van der Waals surface area contributed by atoms with Crippen molar-refractivity contribution in [2.75, 3.05) is 18.0 Å². The summed E-state index contributed by atoms with van der Waals surface area (Å²) in [6, 6.07) is 11.9. The molecule has 0 bridgehead atoms. The molecule has 0 aliphatic heterocycles. The third kappa shape index (κ3) is 3.88. The monoisotopic (exact) mass is 312 g/mol. The number of aromatic carboxylic acids is 1. The van der Waals surface area contributed by atoms with Crippen LogP contribution in [-0.4, -0.2) is 35.5 Å². The first-order valence-electron chi connectivity index (χ1n) is 7.51. The molecule has 2 rings (SSSR count). The van der Waals surface area contributed by atoms with Crippen LogP contribution in [0.5, 0.6) is 5.75 Å². The molecule has 0 radical (unpaired) electrons. The molecular formula is C18H20N2O3. The molecule has 120 valence electrons. The van der Waals surface area contributed by atoms with Crippen LogP contribution in [0.4, 0.5) is 11.4 Å². The SMILES string of the molecule is CCN(CC)c1ccc(C=Nc2ccccc2C(=O)O)c(O)c1. The highest BCUT2D eigenvalue weighted by atomic mass is 16.4. The van der Waals surface area contributed by atoms with Crippen molar-refractivity contribution in [1.82, 2.24) is 0 Å². The molecule has 0 saturated carbocycles. The zero-order valence-corrected chi connectivity index (χ0v) is 13.2.